The van der Waals surface area contributed by atoms with Crippen LogP contribution >= 0.6 is 0 Å². The molecule has 1 atom stereocenters. The lowest BCUT2D eigenvalue weighted by Gasteiger charge is -2.18. The van der Waals surface area contributed by atoms with Gasteiger partial charge in [-0.25, -0.2) is 0 Å². The molecule has 0 aromatic heterocycles. The molecule has 0 bridgehead atoms. The molecule has 0 aromatic carbocycles. The van der Waals surface area contributed by atoms with Crippen LogP contribution in [0.3, 0.4) is 0 Å². The quantitative estimate of drug-likeness (QED) is 0.0261. The number of esters is 3. The molecule has 77 heavy (non-hydrogen) atoms. The van der Waals surface area contributed by atoms with Crippen LogP contribution in [0.5, 0.6) is 0 Å². The lowest BCUT2D eigenvalue weighted by Crippen LogP contribution is -2.30. The Morgan fingerprint density at radius 2 is 0.442 bits per heavy atom. The van der Waals surface area contributed by atoms with Crippen LogP contribution < -0.4 is 0 Å². The van der Waals surface area contributed by atoms with Crippen molar-refractivity contribution in [3.63, 3.8) is 0 Å². The van der Waals surface area contributed by atoms with Crippen molar-refractivity contribution in [2.24, 2.45) is 0 Å². The molecule has 0 aliphatic rings. The van der Waals surface area contributed by atoms with E-state index in [1.54, 1.807) is 0 Å². The maximum atomic E-state index is 12.9. The first-order valence-corrected chi connectivity index (χ1v) is 34.8. The SMILES string of the molecule is CCCC/C=C\CCCCCCCC(=O)OCC(COC(=O)CCCCCCCCCCCCCCCCCCCCCCCCCCCCC)OC(=O)CCCCCCCCCCC/C=C\CCCCCCCCCC. The fourth-order valence-electron chi connectivity index (χ4n) is 10.7. The standard InChI is InChI=1S/C71H134O6/c1-4-7-10-13-16-19-22-24-26-28-30-32-33-34-35-36-37-39-40-42-44-46-49-52-55-58-61-64-70(73)76-67-68(66-75-69(72)63-60-57-54-51-48-21-18-15-12-9-6-3)77-71(74)65-62-59-56-53-50-47-45-43-41-38-31-29-27-25-23-20-17-14-11-8-5-2/h15,18,29,31,68H,4-14,16-17,19-28,30,32-67H2,1-3H3/b18-15-,31-29-. The van der Waals surface area contributed by atoms with Crippen LogP contribution in [-0.2, 0) is 28.6 Å². The van der Waals surface area contributed by atoms with Gasteiger partial charge in [0.05, 0.1) is 0 Å². The third-order valence-electron chi connectivity index (χ3n) is 15.9. The van der Waals surface area contributed by atoms with Crippen LogP contribution in [0.25, 0.3) is 0 Å². The van der Waals surface area contributed by atoms with Gasteiger partial charge in [0, 0.05) is 19.3 Å². The van der Waals surface area contributed by atoms with Crippen LogP contribution in [0.1, 0.15) is 393 Å². The highest BCUT2D eigenvalue weighted by Gasteiger charge is 2.19. The van der Waals surface area contributed by atoms with E-state index in [2.05, 4.69) is 45.1 Å². The van der Waals surface area contributed by atoms with E-state index >= 15 is 0 Å². The summed E-state index contributed by atoms with van der Waals surface area (Å²) in [6.45, 7) is 6.67. The topological polar surface area (TPSA) is 78.9 Å². The first-order chi connectivity index (χ1) is 38.0. The molecule has 0 aromatic rings. The summed E-state index contributed by atoms with van der Waals surface area (Å²) in [4.78, 5) is 38.3. The molecule has 0 saturated carbocycles. The fraction of sp³-hybridized carbons (Fsp3) is 0.901. The van der Waals surface area contributed by atoms with Gasteiger partial charge in [0.2, 0.25) is 0 Å². The Labute approximate surface area is 481 Å². The molecule has 454 valence electrons. The minimum absolute atomic E-state index is 0.0696. The van der Waals surface area contributed by atoms with E-state index < -0.39 is 6.10 Å². The Morgan fingerprint density at radius 3 is 0.688 bits per heavy atom. The van der Waals surface area contributed by atoms with Gasteiger partial charge >= 0.3 is 17.9 Å². The highest BCUT2D eigenvalue weighted by molar-refractivity contribution is 5.71. The largest absolute Gasteiger partial charge is 0.462 e. The van der Waals surface area contributed by atoms with Gasteiger partial charge in [0.15, 0.2) is 6.10 Å². The number of ether oxygens (including phenoxy) is 3. The summed E-state index contributed by atoms with van der Waals surface area (Å²) in [6, 6.07) is 0. The molecule has 0 spiro atoms. The van der Waals surface area contributed by atoms with E-state index in [-0.39, 0.29) is 31.1 Å². The average Bonchev–Trinajstić information content (AvgIpc) is 3.43. The molecule has 0 amide bonds. The summed E-state index contributed by atoms with van der Waals surface area (Å²) < 4.78 is 16.9. The summed E-state index contributed by atoms with van der Waals surface area (Å²) in [6.07, 6.45) is 80.8. The molecule has 0 aliphatic carbocycles. The summed E-state index contributed by atoms with van der Waals surface area (Å²) in [5.41, 5.74) is 0. The minimum atomic E-state index is -0.773. The predicted molar refractivity (Wildman–Crippen MR) is 335 cm³/mol. The number of allylic oxidation sites excluding steroid dienone is 4. The summed E-state index contributed by atoms with van der Waals surface area (Å²) in [5, 5.41) is 0. The third-order valence-corrected chi connectivity index (χ3v) is 15.9. The molecule has 0 radical (unpaired) electrons. The first kappa shape index (κ1) is 74.9. The smallest absolute Gasteiger partial charge is 0.306 e. The second-order valence-corrected chi connectivity index (χ2v) is 23.8. The van der Waals surface area contributed by atoms with Gasteiger partial charge in [-0.3, -0.25) is 14.4 Å². The van der Waals surface area contributed by atoms with Crippen LogP contribution in [0.2, 0.25) is 0 Å². The van der Waals surface area contributed by atoms with Crippen LogP contribution in [-0.4, -0.2) is 37.2 Å². The maximum Gasteiger partial charge on any atom is 0.306 e. The Hall–Kier alpha value is -2.11. The van der Waals surface area contributed by atoms with E-state index in [1.165, 1.54) is 289 Å². The minimum Gasteiger partial charge on any atom is -0.462 e. The summed E-state index contributed by atoms with van der Waals surface area (Å²) in [7, 11) is 0. The lowest BCUT2D eigenvalue weighted by atomic mass is 10.0. The molecule has 6 heteroatoms. The fourth-order valence-corrected chi connectivity index (χ4v) is 10.7. The number of hydrogen-bond donors (Lipinski definition) is 0. The van der Waals surface area contributed by atoms with Crippen LogP contribution in [0.15, 0.2) is 24.3 Å². The van der Waals surface area contributed by atoms with Crippen molar-refractivity contribution in [2.75, 3.05) is 13.2 Å². The Balaban J connectivity index is 4.15. The van der Waals surface area contributed by atoms with E-state index in [0.29, 0.717) is 19.3 Å². The maximum absolute atomic E-state index is 12.9. The van der Waals surface area contributed by atoms with E-state index in [9.17, 15) is 14.4 Å². The third kappa shape index (κ3) is 64.6. The normalized spacial score (nSPS) is 12.1. The zero-order valence-corrected chi connectivity index (χ0v) is 52.3. The average molecular weight is 1080 g/mol. The predicted octanol–water partition coefficient (Wildman–Crippen LogP) is 23.8. The molecule has 0 heterocycles. The monoisotopic (exact) mass is 1080 g/mol. The molecular formula is C71H134O6. The van der Waals surface area contributed by atoms with Crippen molar-refractivity contribution in [3.8, 4) is 0 Å². The Bertz CT molecular complexity index is 1240. The van der Waals surface area contributed by atoms with E-state index in [1.807, 2.05) is 0 Å². The second kappa shape index (κ2) is 66.4. The van der Waals surface area contributed by atoms with Gasteiger partial charge in [0.25, 0.3) is 0 Å². The number of hydrogen-bond acceptors (Lipinski definition) is 6. The molecule has 0 aliphatic heterocycles. The molecule has 0 fully saturated rings. The van der Waals surface area contributed by atoms with Gasteiger partial charge in [0.1, 0.15) is 13.2 Å². The van der Waals surface area contributed by atoms with Crippen molar-refractivity contribution < 1.29 is 28.6 Å². The Kier molecular flexibility index (Phi) is 64.6. The van der Waals surface area contributed by atoms with Gasteiger partial charge in [-0.05, 0) is 64.2 Å². The van der Waals surface area contributed by atoms with Gasteiger partial charge in [-0.15, -0.1) is 0 Å². The van der Waals surface area contributed by atoms with E-state index in [0.717, 1.165) is 64.2 Å². The number of carbonyl (C=O) groups excluding carboxylic acids is 3. The summed E-state index contributed by atoms with van der Waals surface area (Å²) >= 11 is 0. The highest BCUT2D eigenvalue weighted by atomic mass is 16.6. The van der Waals surface area contributed by atoms with Crippen LogP contribution in [0, 0.1) is 0 Å². The second-order valence-electron chi connectivity index (χ2n) is 23.8. The number of unbranched alkanes of at least 4 members (excludes halogenated alkanes) is 50. The van der Waals surface area contributed by atoms with E-state index in [4.69, 9.17) is 14.2 Å². The number of carbonyl (C=O) groups is 3. The molecule has 0 saturated heterocycles. The molecule has 6 nitrogen and oxygen atoms in total. The van der Waals surface area contributed by atoms with Gasteiger partial charge < -0.3 is 14.2 Å². The van der Waals surface area contributed by atoms with Crippen molar-refractivity contribution in [1.29, 1.82) is 0 Å². The lowest BCUT2D eigenvalue weighted by molar-refractivity contribution is -0.167. The zero-order valence-electron chi connectivity index (χ0n) is 52.3. The number of rotatable bonds is 65. The Morgan fingerprint density at radius 1 is 0.247 bits per heavy atom. The highest BCUT2D eigenvalue weighted by Crippen LogP contribution is 2.19. The molecule has 1 unspecified atom stereocenters. The molecular weight excluding hydrogens is 949 g/mol. The van der Waals surface area contributed by atoms with Crippen molar-refractivity contribution >= 4 is 17.9 Å². The first-order valence-electron chi connectivity index (χ1n) is 34.8. The molecule has 0 rings (SSSR count). The van der Waals surface area contributed by atoms with Crippen molar-refractivity contribution in [1.82, 2.24) is 0 Å². The van der Waals surface area contributed by atoms with Gasteiger partial charge in [-0.2, -0.15) is 0 Å². The van der Waals surface area contributed by atoms with Crippen molar-refractivity contribution in [3.05, 3.63) is 24.3 Å². The van der Waals surface area contributed by atoms with Crippen LogP contribution in [0.4, 0.5) is 0 Å². The zero-order chi connectivity index (χ0) is 55.7. The summed E-state index contributed by atoms with van der Waals surface area (Å²) in [5.74, 6) is -0.854. The van der Waals surface area contributed by atoms with Crippen molar-refractivity contribution in [2.45, 2.75) is 399 Å². The molecule has 0 N–H and O–H groups in total. The van der Waals surface area contributed by atoms with Gasteiger partial charge in [-0.1, -0.05) is 334 Å².